The number of carbonyl (C=O) groups is 2. The molecule has 0 aromatic heterocycles. The van der Waals surface area contributed by atoms with Gasteiger partial charge in [-0.25, -0.2) is 0 Å². The predicted octanol–water partition coefficient (Wildman–Crippen LogP) is -1.92. The van der Waals surface area contributed by atoms with Crippen molar-refractivity contribution in [3.05, 3.63) is 0 Å². The smallest absolute Gasteiger partial charge is 0.306 e. The van der Waals surface area contributed by atoms with Crippen LogP contribution in [0.25, 0.3) is 0 Å². The minimum Gasteiger partial charge on any atom is -0.799 e. The molecule has 0 aromatic rings. The van der Waals surface area contributed by atoms with Crippen LogP contribution in [0.3, 0.4) is 0 Å². The lowest BCUT2D eigenvalue weighted by molar-refractivity contribution is -0.305. The van der Waals surface area contributed by atoms with E-state index in [1.165, 1.54) is 0 Å². The van der Waals surface area contributed by atoms with Crippen molar-refractivity contribution in [2.75, 3.05) is 12.8 Å². The van der Waals surface area contributed by atoms with Crippen LogP contribution in [0.1, 0.15) is 12.8 Å². The van der Waals surface area contributed by atoms with E-state index >= 15 is 0 Å². The Morgan fingerprint density at radius 2 is 2.29 bits per heavy atom. The van der Waals surface area contributed by atoms with Crippen molar-refractivity contribution in [3.8, 4) is 0 Å². The van der Waals surface area contributed by atoms with E-state index in [9.17, 15) is 24.2 Å². The van der Waals surface area contributed by atoms with E-state index in [1.807, 2.05) is 0 Å². The maximum atomic E-state index is 11.4. The van der Waals surface area contributed by atoms with Crippen LogP contribution in [-0.4, -0.2) is 30.4 Å². The van der Waals surface area contributed by atoms with Crippen molar-refractivity contribution in [1.82, 2.24) is 0 Å². The zero-order valence-corrected chi connectivity index (χ0v) is 8.20. The summed E-state index contributed by atoms with van der Waals surface area (Å²) in [4.78, 5) is 32.1. The first kappa shape index (κ1) is 11.2. The van der Waals surface area contributed by atoms with Crippen LogP contribution >= 0.6 is 7.37 Å². The van der Waals surface area contributed by atoms with E-state index in [1.54, 1.807) is 0 Å². The maximum absolute atomic E-state index is 11.4. The van der Waals surface area contributed by atoms with E-state index in [0.717, 1.165) is 0 Å². The molecule has 2 unspecified atom stereocenters. The molecule has 1 aliphatic heterocycles. The molecule has 0 radical (unpaired) electrons. The molecule has 0 saturated carbocycles. The van der Waals surface area contributed by atoms with Crippen molar-refractivity contribution in [2.45, 2.75) is 18.5 Å². The van der Waals surface area contributed by atoms with E-state index in [-0.39, 0.29) is 13.0 Å². The zero-order chi connectivity index (χ0) is 10.8. The van der Waals surface area contributed by atoms with Crippen LogP contribution in [0, 0.1) is 0 Å². The summed E-state index contributed by atoms with van der Waals surface area (Å²) in [6, 6.07) is 0. The second-order valence-electron chi connectivity index (χ2n) is 3.11. The molecule has 14 heavy (non-hydrogen) atoms. The van der Waals surface area contributed by atoms with Crippen LogP contribution in [0.15, 0.2) is 0 Å². The molecule has 2 atom stereocenters. The van der Waals surface area contributed by atoms with Gasteiger partial charge >= 0.3 is 5.97 Å². The molecule has 1 fully saturated rings. The Bertz CT molecular complexity index is 299. The van der Waals surface area contributed by atoms with Crippen LogP contribution in [-0.2, 0) is 18.9 Å². The molecule has 0 spiro atoms. The van der Waals surface area contributed by atoms with E-state index in [4.69, 9.17) is 0 Å². The molecule has 0 bridgehead atoms. The topological polar surface area (TPSA) is 107 Å². The first-order chi connectivity index (χ1) is 6.42. The van der Waals surface area contributed by atoms with Crippen molar-refractivity contribution in [2.24, 2.45) is 0 Å². The summed E-state index contributed by atoms with van der Waals surface area (Å²) in [5, 5.41) is 10.1. The number of hydrogen-bond acceptors (Lipinski definition) is 6. The van der Waals surface area contributed by atoms with Crippen molar-refractivity contribution in [1.29, 1.82) is 0 Å². The van der Waals surface area contributed by atoms with Crippen LogP contribution in [0.4, 0.5) is 0 Å². The van der Waals surface area contributed by atoms with Gasteiger partial charge in [0.2, 0.25) is 0 Å². The summed E-state index contributed by atoms with van der Waals surface area (Å²) in [5.41, 5.74) is -0.866. The second-order valence-corrected chi connectivity index (χ2v) is 5.74. The molecule has 1 saturated heterocycles. The van der Waals surface area contributed by atoms with Gasteiger partial charge in [0.05, 0.1) is 6.42 Å². The number of hydrogen-bond donors (Lipinski definition) is 0. The largest absolute Gasteiger partial charge is 0.799 e. The molecule has 1 aliphatic rings. The fraction of sp³-hybridized carbons (Fsp3) is 0.714. The lowest BCUT2D eigenvalue weighted by Crippen LogP contribution is -2.27. The molecule has 0 N–H and O–H groups in total. The molecular weight excluding hydrogens is 211 g/mol. The molecule has 7 heteroatoms. The summed E-state index contributed by atoms with van der Waals surface area (Å²) < 4.78 is 15.9. The first-order valence-electron chi connectivity index (χ1n) is 4.07. The first-order valence-corrected chi connectivity index (χ1v) is 5.95. The summed E-state index contributed by atoms with van der Waals surface area (Å²) >= 11 is 0. The van der Waals surface area contributed by atoms with Crippen LogP contribution in [0.2, 0.25) is 0 Å². The average Bonchev–Trinajstić information content (AvgIpc) is 2.49. The van der Waals surface area contributed by atoms with Crippen molar-refractivity contribution in [3.63, 3.8) is 0 Å². The standard InChI is InChI=1S/C7H11O6P/c8-6(9)1-2-14(11,12)5-3-7(10)13-4-5/h5H,1-4H2,(H,8,9)(H,11,12)/p-2. The second kappa shape index (κ2) is 4.11. The van der Waals surface area contributed by atoms with E-state index < -0.39 is 37.5 Å². The molecule has 6 nitrogen and oxygen atoms in total. The molecule has 1 heterocycles. The van der Waals surface area contributed by atoms with Crippen molar-refractivity contribution < 1.29 is 28.9 Å². The fourth-order valence-corrected chi connectivity index (χ4v) is 2.77. The SMILES string of the molecule is O=C([O-])CCP(=O)([O-])C1COC(=O)C1. The molecule has 0 aromatic carbocycles. The number of cyclic esters (lactones) is 1. The Morgan fingerprint density at radius 1 is 1.64 bits per heavy atom. The van der Waals surface area contributed by atoms with Gasteiger partial charge < -0.3 is 24.1 Å². The van der Waals surface area contributed by atoms with Gasteiger partial charge in [0.15, 0.2) is 0 Å². The van der Waals surface area contributed by atoms with E-state index in [2.05, 4.69) is 4.74 Å². The van der Waals surface area contributed by atoms with Gasteiger partial charge in [0.1, 0.15) is 6.61 Å². The van der Waals surface area contributed by atoms with Gasteiger partial charge in [-0.2, -0.15) is 0 Å². The van der Waals surface area contributed by atoms with Gasteiger partial charge in [0.25, 0.3) is 0 Å². The van der Waals surface area contributed by atoms with Gasteiger partial charge in [-0.05, 0) is 12.6 Å². The minimum atomic E-state index is -3.85. The highest BCUT2D eigenvalue weighted by molar-refractivity contribution is 7.57. The summed E-state index contributed by atoms with van der Waals surface area (Å²) in [6.45, 7) is -0.160. The van der Waals surface area contributed by atoms with Crippen LogP contribution in [0.5, 0.6) is 0 Å². The number of aliphatic carboxylic acids is 1. The summed E-state index contributed by atoms with van der Waals surface area (Å²) in [5.74, 6) is -1.97. The monoisotopic (exact) mass is 220 g/mol. The Kier molecular flexibility index (Phi) is 3.29. The van der Waals surface area contributed by atoms with Gasteiger partial charge in [-0.1, -0.05) is 0 Å². The number of rotatable bonds is 4. The third kappa shape index (κ3) is 2.82. The zero-order valence-electron chi connectivity index (χ0n) is 7.30. The summed E-state index contributed by atoms with van der Waals surface area (Å²) in [7, 11) is -3.85. The Balaban J connectivity index is 2.52. The highest BCUT2D eigenvalue weighted by atomic mass is 31.2. The Morgan fingerprint density at radius 3 is 2.71 bits per heavy atom. The summed E-state index contributed by atoms with van der Waals surface area (Å²) in [6.07, 6.45) is -1.18. The lowest BCUT2D eigenvalue weighted by atomic mass is 10.4. The normalized spacial score (nSPS) is 25.5. The molecule has 80 valence electrons. The van der Waals surface area contributed by atoms with Gasteiger partial charge in [-0.3, -0.25) is 4.79 Å². The quantitative estimate of drug-likeness (QED) is 0.403. The van der Waals surface area contributed by atoms with Crippen LogP contribution < -0.4 is 10.00 Å². The highest BCUT2D eigenvalue weighted by Crippen LogP contribution is 2.45. The third-order valence-corrected chi connectivity index (χ3v) is 4.31. The average molecular weight is 220 g/mol. The minimum absolute atomic E-state index is 0.160. The predicted molar refractivity (Wildman–Crippen MR) is 41.5 cm³/mol. The third-order valence-electron chi connectivity index (χ3n) is 2.02. The molecular formula is C7H9O6P-2. The number of carboxylic acids is 1. The molecule has 0 amide bonds. The van der Waals surface area contributed by atoms with Gasteiger partial charge in [0, 0.05) is 19.0 Å². The Labute approximate surface area is 80.3 Å². The Hall–Kier alpha value is -0.870. The maximum Gasteiger partial charge on any atom is 0.306 e. The van der Waals surface area contributed by atoms with Crippen molar-refractivity contribution >= 4 is 19.3 Å². The molecule has 0 aliphatic carbocycles. The molecule has 1 rings (SSSR count). The van der Waals surface area contributed by atoms with Gasteiger partial charge in [-0.15, -0.1) is 0 Å². The van der Waals surface area contributed by atoms with E-state index in [0.29, 0.717) is 0 Å². The number of ether oxygens (including phenoxy) is 1. The number of carboxylic acid groups (broad SMARTS) is 1. The lowest BCUT2D eigenvalue weighted by Gasteiger charge is -2.27. The fourth-order valence-electron chi connectivity index (χ4n) is 1.18. The number of esters is 1. The highest BCUT2D eigenvalue weighted by Gasteiger charge is 2.31. The number of carbonyl (C=O) groups excluding carboxylic acids is 2.